The van der Waals surface area contributed by atoms with Gasteiger partial charge in [-0.15, -0.1) is 0 Å². The van der Waals surface area contributed by atoms with Crippen molar-refractivity contribution in [2.75, 3.05) is 34.2 Å². The van der Waals surface area contributed by atoms with Crippen LogP contribution in [0.5, 0.6) is 28.9 Å². The van der Waals surface area contributed by atoms with Gasteiger partial charge in [0, 0.05) is 48.6 Å². The predicted molar refractivity (Wildman–Crippen MR) is 163 cm³/mol. The van der Waals surface area contributed by atoms with Gasteiger partial charge in [0.05, 0.1) is 29.1 Å². The Morgan fingerprint density at radius 3 is 2.36 bits per heavy atom. The number of phenols is 1. The van der Waals surface area contributed by atoms with E-state index >= 15 is 4.39 Å². The minimum absolute atomic E-state index is 0.0200. The zero-order chi connectivity index (χ0) is 32.4. The molecule has 11 nitrogen and oxygen atoms in total. The normalized spacial score (nSPS) is 13.3. The van der Waals surface area contributed by atoms with Gasteiger partial charge in [-0.25, -0.2) is 13.6 Å². The maximum absolute atomic E-state index is 15.6. The summed E-state index contributed by atoms with van der Waals surface area (Å²) in [6.07, 6.45) is 0.701. The Kier molecular flexibility index (Phi) is 8.77. The number of nitrogens with zero attached hydrogens (tertiary/aromatic N) is 4. The van der Waals surface area contributed by atoms with Crippen LogP contribution in [0.2, 0.25) is 0 Å². The lowest BCUT2D eigenvalue weighted by Crippen LogP contribution is -2.24. The molecule has 1 atom stereocenters. The van der Waals surface area contributed by atoms with Crippen LogP contribution in [0.25, 0.3) is 0 Å². The summed E-state index contributed by atoms with van der Waals surface area (Å²) in [5, 5.41) is 17.8. The number of rotatable bonds is 9. The lowest BCUT2D eigenvalue weighted by atomic mass is 10.1. The molecule has 0 saturated heterocycles. The van der Waals surface area contributed by atoms with Crippen molar-refractivity contribution < 1.29 is 32.4 Å². The van der Waals surface area contributed by atoms with Crippen LogP contribution >= 0.6 is 0 Å². The number of hydrogen-bond donors (Lipinski definition) is 3. The van der Waals surface area contributed by atoms with Crippen LogP contribution in [0.3, 0.4) is 0 Å². The summed E-state index contributed by atoms with van der Waals surface area (Å²) in [4.78, 5) is 24.5. The first kappa shape index (κ1) is 31.1. The zero-order valence-electron chi connectivity index (χ0n) is 24.4. The molecule has 1 aliphatic rings. The molecule has 4 N–H and O–H groups in total. The molecule has 0 aliphatic carbocycles. The van der Waals surface area contributed by atoms with E-state index in [-0.39, 0.29) is 34.6 Å². The van der Waals surface area contributed by atoms with E-state index < -0.39 is 34.1 Å². The number of aromatic nitrogens is 1. The average Bonchev–Trinajstić information content (AvgIpc) is 3.46. The first-order valence-corrected chi connectivity index (χ1v) is 14.6. The lowest BCUT2D eigenvalue weighted by molar-refractivity contribution is 0.0827. The maximum Gasteiger partial charge on any atom is 0.260 e. The summed E-state index contributed by atoms with van der Waals surface area (Å²) >= 11 is 0. The van der Waals surface area contributed by atoms with Gasteiger partial charge in [0.15, 0.2) is 17.3 Å². The molecule has 1 aromatic heterocycles. The fourth-order valence-electron chi connectivity index (χ4n) is 4.40. The second-order valence-electron chi connectivity index (χ2n) is 10.1. The van der Waals surface area contributed by atoms with E-state index in [1.54, 1.807) is 51.5 Å². The third-order valence-corrected chi connectivity index (χ3v) is 8.16. The number of benzene rings is 3. The number of hydrogen-bond acceptors (Lipinski definition) is 9. The quantitative estimate of drug-likeness (QED) is 0.180. The fourth-order valence-corrected chi connectivity index (χ4v) is 5.47. The van der Waals surface area contributed by atoms with Gasteiger partial charge < -0.3 is 30.1 Å². The number of amidine groups is 2. The Morgan fingerprint density at radius 2 is 1.71 bits per heavy atom. The molecule has 0 radical (unpaired) electrons. The maximum atomic E-state index is 15.6. The molecule has 1 amide bonds. The van der Waals surface area contributed by atoms with Gasteiger partial charge in [-0.2, -0.15) is 4.39 Å². The van der Waals surface area contributed by atoms with Gasteiger partial charge in [-0.3, -0.25) is 15.2 Å². The molecule has 1 unspecified atom stereocenters. The average molecular weight is 635 g/mol. The van der Waals surface area contributed by atoms with Gasteiger partial charge in [0.1, 0.15) is 17.4 Å². The van der Waals surface area contributed by atoms with Crippen molar-refractivity contribution >= 4 is 28.4 Å². The minimum atomic E-state index is -1.68. The van der Waals surface area contributed by atoms with Crippen molar-refractivity contribution in [3.8, 4) is 28.9 Å². The van der Waals surface area contributed by atoms with Crippen LogP contribution in [-0.2, 0) is 10.8 Å². The molecule has 2 heterocycles. The number of phenolic OH excluding ortho intramolecular Hbond substituents is 1. The van der Waals surface area contributed by atoms with Crippen molar-refractivity contribution in [2.24, 2.45) is 10.7 Å². The largest absolute Gasteiger partial charge is 0.504 e. The van der Waals surface area contributed by atoms with Crippen LogP contribution in [0.4, 0.5) is 8.78 Å². The van der Waals surface area contributed by atoms with Gasteiger partial charge in [-0.05, 0) is 60.7 Å². The second kappa shape index (κ2) is 12.7. The SMILES string of the molecule is CN(C)C(=O)c1ccc(S(=O)c2ccc(Oc3c(F)cnc(Oc4cc(C(=N)N)ccc4O)c3F)c(C3=NCCN3C)c2)cc1. The van der Waals surface area contributed by atoms with E-state index in [0.29, 0.717) is 46.0 Å². The molecule has 0 spiro atoms. The van der Waals surface area contributed by atoms with Gasteiger partial charge in [-0.1, -0.05) is 0 Å². The second-order valence-corrected chi connectivity index (χ2v) is 11.6. The summed E-state index contributed by atoms with van der Waals surface area (Å²) in [7, 11) is 3.39. The highest BCUT2D eigenvalue weighted by Crippen LogP contribution is 2.38. The summed E-state index contributed by atoms with van der Waals surface area (Å²) in [5.74, 6) is -4.63. The van der Waals surface area contributed by atoms with Crippen LogP contribution in [0, 0.1) is 17.0 Å². The number of amides is 1. The third-order valence-electron chi connectivity index (χ3n) is 6.77. The van der Waals surface area contributed by atoms with Crippen molar-refractivity contribution in [3.63, 3.8) is 0 Å². The van der Waals surface area contributed by atoms with E-state index in [0.717, 1.165) is 0 Å². The lowest BCUT2D eigenvalue weighted by Gasteiger charge is -2.19. The number of nitrogens with two attached hydrogens (primary N) is 1. The summed E-state index contributed by atoms with van der Waals surface area (Å²) in [5.41, 5.74) is 6.47. The standard InChI is InChI=1S/C31H28F2N6O5S/c1-38(2)31(41)17-4-7-19(8-5-17)45(42)20-9-11-24(21(15-20)29-36-12-13-39(29)3)43-27-22(32)16-37-30(26(27)33)44-25-14-18(28(34)35)6-10-23(25)40/h4-11,14-16,40H,12-13H2,1-3H3,(H3,34,35). The highest BCUT2D eigenvalue weighted by atomic mass is 32.2. The fraction of sp³-hybridized carbons (Fsp3) is 0.161. The zero-order valence-corrected chi connectivity index (χ0v) is 25.2. The van der Waals surface area contributed by atoms with Gasteiger partial charge in [0.25, 0.3) is 11.8 Å². The Labute approximate surface area is 259 Å². The molecule has 0 fully saturated rings. The summed E-state index contributed by atoms with van der Waals surface area (Å²) < 4.78 is 55.3. The predicted octanol–water partition coefficient (Wildman–Crippen LogP) is 4.49. The Balaban J connectivity index is 1.50. The van der Waals surface area contributed by atoms with Crippen LogP contribution < -0.4 is 15.2 Å². The third kappa shape index (κ3) is 6.45. The molecular weight excluding hydrogens is 606 g/mol. The van der Waals surface area contributed by atoms with E-state index in [4.69, 9.17) is 20.6 Å². The van der Waals surface area contributed by atoms with E-state index in [2.05, 4.69) is 9.98 Å². The summed E-state index contributed by atoms with van der Waals surface area (Å²) in [6, 6.07) is 14.7. The number of carbonyl (C=O) groups excluding carboxylic acids is 1. The van der Waals surface area contributed by atoms with Crippen molar-refractivity contribution in [1.82, 2.24) is 14.8 Å². The minimum Gasteiger partial charge on any atom is -0.504 e. The number of nitrogen functional groups attached to an aromatic ring is 1. The molecule has 0 bridgehead atoms. The highest BCUT2D eigenvalue weighted by molar-refractivity contribution is 7.85. The highest BCUT2D eigenvalue weighted by Gasteiger charge is 2.25. The number of nitrogens with one attached hydrogen (secondary N) is 1. The molecule has 1 aliphatic heterocycles. The van der Waals surface area contributed by atoms with Crippen molar-refractivity contribution in [3.05, 3.63) is 95.2 Å². The number of likely N-dealkylation sites (N-methyl/N-ethyl adjacent to an activating group) is 1. The topological polar surface area (TPSA) is 154 Å². The number of aliphatic imine (C=N–C) groups is 1. The van der Waals surface area contributed by atoms with Gasteiger partial charge in [0.2, 0.25) is 11.6 Å². The van der Waals surface area contributed by atoms with E-state index in [1.807, 2.05) is 4.90 Å². The van der Waals surface area contributed by atoms with Crippen LogP contribution in [-0.4, -0.2) is 75.9 Å². The monoisotopic (exact) mass is 634 g/mol. The number of pyridine rings is 1. The molecule has 232 valence electrons. The molecule has 45 heavy (non-hydrogen) atoms. The van der Waals surface area contributed by atoms with E-state index in [1.165, 1.54) is 35.2 Å². The van der Waals surface area contributed by atoms with Crippen molar-refractivity contribution in [1.29, 1.82) is 5.41 Å². The van der Waals surface area contributed by atoms with E-state index in [9.17, 15) is 18.5 Å². The molecule has 4 aromatic rings. The summed E-state index contributed by atoms with van der Waals surface area (Å²) in [6.45, 7) is 1.06. The number of carbonyl (C=O) groups is 1. The molecule has 3 aromatic carbocycles. The number of aromatic hydroxyl groups is 1. The Hall–Kier alpha value is -5.37. The Morgan fingerprint density at radius 1 is 1.02 bits per heavy atom. The molecule has 0 saturated carbocycles. The number of halogens is 2. The first-order chi connectivity index (χ1) is 21.4. The van der Waals surface area contributed by atoms with Crippen LogP contribution in [0.15, 0.2) is 81.6 Å². The van der Waals surface area contributed by atoms with Crippen LogP contribution in [0.1, 0.15) is 21.5 Å². The smallest absolute Gasteiger partial charge is 0.260 e. The number of ether oxygens (including phenoxy) is 2. The van der Waals surface area contributed by atoms with Gasteiger partial charge >= 0.3 is 0 Å². The first-order valence-electron chi connectivity index (χ1n) is 13.4. The molecular formula is C31H28F2N6O5S. The Bertz CT molecular complexity index is 1870. The molecule has 14 heteroatoms. The molecule has 5 rings (SSSR count). The van der Waals surface area contributed by atoms with Crippen molar-refractivity contribution in [2.45, 2.75) is 9.79 Å².